The zero-order chi connectivity index (χ0) is 13.0. The van der Waals surface area contributed by atoms with Crippen LogP contribution < -0.4 is 0 Å². The van der Waals surface area contributed by atoms with Gasteiger partial charge in [-0.1, -0.05) is 20.8 Å². The van der Waals surface area contributed by atoms with Gasteiger partial charge in [0, 0.05) is 12.2 Å². The van der Waals surface area contributed by atoms with Gasteiger partial charge in [-0.3, -0.25) is 0 Å². The zero-order valence-corrected chi connectivity index (χ0v) is 11.5. The summed E-state index contributed by atoms with van der Waals surface area (Å²) in [6.07, 6.45) is 1.75. The number of hydrogen-bond acceptors (Lipinski definition) is 3. The van der Waals surface area contributed by atoms with Gasteiger partial charge >= 0.3 is 11.9 Å². The summed E-state index contributed by atoms with van der Waals surface area (Å²) in [6.45, 7) is 10.2. The molecule has 16 heavy (non-hydrogen) atoms. The summed E-state index contributed by atoms with van der Waals surface area (Å²) in [7, 11) is -2.07. The smallest absolute Gasteiger partial charge is 0.328 e. The lowest BCUT2D eigenvalue weighted by molar-refractivity contribution is -0.133. The standard InChI is InChI=1S/C11H20O4Si/c1-11(2,3)8-16(4,5)15-10(14)7-6-9(12)13/h6-7H,8H2,1-5H3,(H,12,13)/b7-6+. The average Bonchev–Trinajstić information content (AvgIpc) is 1.94. The average molecular weight is 244 g/mol. The Bertz CT molecular complexity index is 300. The van der Waals surface area contributed by atoms with E-state index in [4.69, 9.17) is 9.53 Å². The molecule has 0 unspecified atom stereocenters. The van der Waals surface area contributed by atoms with Crippen molar-refractivity contribution in [2.45, 2.75) is 39.9 Å². The second-order valence-electron chi connectivity index (χ2n) is 5.59. The van der Waals surface area contributed by atoms with Gasteiger partial charge in [-0.05, 0) is 24.6 Å². The Morgan fingerprint density at radius 3 is 2.12 bits per heavy atom. The summed E-state index contributed by atoms with van der Waals surface area (Å²) >= 11 is 0. The van der Waals surface area contributed by atoms with E-state index in [-0.39, 0.29) is 5.41 Å². The molecular formula is C11H20O4Si. The third-order valence-electron chi connectivity index (χ3n) is 1.69. The van der Waals surface area contributed by atoms with Crippen molar-refractivity contribution in [1.82, 2.24) is 0 Å². The minimum absolute atomic E-state index is 0.104. The Morgan fingerprint density at radius 2 is 1.75 bits per heavy atom. The third-order valence-corrected chi connectivity index (χ3v) is 4.36. The number of carboxylic acids is 1. The predicted octanol–water partition coefficient (Wildman–Crippen LogP) is 2.42. The van der Waals surface area contributed by atoms with E-state index in [9.17, 15) is 9.59 Å². The van der Waals surface area contributed by atoms with E-state index in [1.807, 2.05) is 13.1 Å². The SMILES string of the molecule is CC(C)(C)C[Si](C)(C)OC(=O)/C=C/C(=O)O. The Morgan fingerprint density at radius 1 is 1.25 bits per heavy atom. The molecule has 0 aliphatic heterocycles. The van der Waals surface area contributed by atoms with Crippen LogP contribution in [0.15, 0.2) is 12.2 Å². The minimum Gasteiger partial charge on any atom is -0.517 e. The molecule has 0 aromatic carbocycles. The summed E-state index contributed by atoms with van der Waals surface area (Å²) in [5, 5.41) is 8.36. The molecule has 0 aliphatic carbocycles. The molecule has 0 amide bonds. The summed E-state index contributed by atoms with van der Waals surface area (Å²) in [4.78, 5) is 21.5. The molecule has 92 valence electrons. The molecule has 0 atom stereocenters. The van der Waals surface area contributed by atoms with Crippen molar-refractivity contribution in [3.05, 3.63) is 12.2 Å². The normalized spacial score (nSPS) is 12.8. The Hall–Kier alpha value is -1.10. The molecular weight excluding hydrogens is 224 g/mol. The first-order chi connectivity index (χ1) is 7.02. The fourth-order valence-corrected chi connectivity index (χ4v) is 5.00. The third kappa shape index (κ3) is 8.23. The van der Waals surface area contributed by atoms with Crippen LogP contribution in [0.1, 0.15) is 20.8 Å². The van der Waals surface area contributed by atoms with Crippen molar-refractivity contribution >= 4 is 20.3 Å². The fraction of sp³-hybridized carbons (Fsp3) is 0.636. The van der Waals surface area contributed by atoms with Gasteiger partial charge < -0.3 is 9.53 Å². The van der Waals surface area contributed by atoms with Gasteiger partial charge in [0.15, 0.2) is 0 Å². The van der Waals surface area contributed by atoms with E-state index in [1.54, 1.807) is 0 Å². The molecule has 0 saturated carbocycles. The number of carbonyl (C=O) groups is 2. The van der Waals surface area contributed by atoms with Crippen molar-refractivity contribution in [1.29, 1.82) is 0 Å². The van der Waals surface area contributed by atoms with Crippen LogP contribution >= 0.6 is 0 Å². The summed E-state index contributed by atoms with van der Waals surface area (Å²) in [5.74, 6) is -1.71. The molecule has 0 aliphatic rings. The largest absolute Gasteiger partial charge is 0.517 e. The number of carboxylic acid groups (broad SMARTS) is 1. The van der Waals surface area contributed by atoms with Crippen LogP contribution in [0.5, 0.6) is 0 Å². The van der Waals surface area contributed by atoms with Crippen LogP contribution in [0.2, 0.25) is 19.1 Å². The first-order valence-corrected chi connectivity index (χ1v) is 8.27. The zero-order valence-electron chi connectivity index (χ0n) is 10.5. The lowest BCUT2D eigenvalue weighted by Gasteiger charge is -2.29. The summed E-state index contributed by atoms with van der Waals surface area (Å²) in [5.41, 5.74) is 0.104. The maximum atomic E-state index is 11.3. The maximum absolute atomic E-state index is 11.3. The van der Waals surface area contributed by atoms with Gasteiger partial charge in [-0.2, -0.15) is 0 Å². The molecule has 0 radical (unpaired) electrons. The molecule has 0 heterocycles. The van der Waals surface area contributed by atoms with Gasteiger partial charge in [0.05, 0.1) is 0 Å². The fourth-order valence-electron chi connectivity index (χ4n) is 1.76. The van der Waals surface area contributed by atoms with Crippen molar-refractivity contribution in [2.75, 3.05) is 0 Å². The Balaban J connectivity index is 4.37. The first-order valence-electron chi connectivity index (χ1n) is 5.16. The molecule has 0 bridgehead atoms. The molecule has 0 rings (SSSR count). The molecule has 0 fully saturated rings. The van der Waals surface area contributed by atoms with Crippen LogP contribution in [0.25, 0.3) is 0 Å². The maximum Gasteiger partial charge on any atom is 0.328 e. The van der Waals surface area contributed by atoms with Gasteiger partial charge in [0.2, 0.25) is 8.32 Å². The van der Waals surface area contributed by atoms with Gasteiger partial charge in [-0.25, -0.2) is 9.59 Å². The molecule has 4 nitrogen and oxygen atoms in total. The summed E-state index contributed by atoms with van der Waals surface area (Å²) in [6, 6.07) is 0.840. The predicted molar refractivity (Wildman–Crippen MR) is 64.6 cm³/mol. The van der Waals surface area contributed by atoms with E-state index in [2.05, 4.69) is 20.8 Å². The lowest BCUT2D eigenvalue weighted by Crippen LogP contribution is -2.36. The monoisotopic (exact) mass is 244 g/mol. The van der Waals surface area contributed by atoms with E-state index < -0.39 is 20.3 Å². The highest BCUT2D eigenvalue weighted by Gasteiger charge is 2.31. The van der Waals surface area contributed by atoms with Gasteiger partial charge in [0.25, 0.3) is 0 Å². The first kappa shape index (κ1) is 14.9. The van der Waals surface area contributed by atoms with Crippen molar-refractivity contribution in [3.63, 3.8) is 0 Å². The molecule has 1 N–H and O–H groups in total. The van der Waals surface area contributed by atoms with Crippen LogP contribution in [0, 0.1) is 5.41 Å². The second kappa shape index (κ2) is 5.29. The van der Waals surface area contributed by atoms with E-state index in [0.29, 0.717) is 0 Å². The van der Waals surface area contributed by atoms with Crippen LogP contribution in [0.4, 0.5) is 0 Å². The number of rotatable bonds is 4. The quantitative estimate of drug-likeness (QED) is 0.609. The second-order valence-corrected chi connectivity index (χ2v) is 9.67. The van der Waals surface area contributed by atoms with E-state index >= 15 is 0 Å². The van der Waals surface area contributed by atoms with E-state index in [1.165, 1.54) is 0 Å². The molecule has 0 aromatic heterocycles. The van der Waals surface area contributed by atoms with Crippen molar-refractivity contribution in [2.24, 2.45) is 5.41 Å². The highest BCUT2D eigenvalue weighted by atomic mass is 28.4. The minimum atomic E-state index is -2.07. The summed E-state index contributed by atoms with van der Waals surface area (Å²) < 4.78 is 5.31. The van der Waals surface area contributed by atoms with Gasteiger partial charge in [0.1, 0.15) is 0 Å². The topological polar surface area (TPSA) is 63.6 Å². The molecule has 0 saturated heterocycles. The van der Waals surface area contributed by atoms with Crippen molar-refractivity contribution < 1.29 is 19.1 Å². The highest BCUT2D eigenvalue weighted by molar-refractivity contribution is 6.72. The van der Waals surface area contributed by atoms with Crippen LogP contribution in [0.3, 0.4) is 0 Å². The van der Waals surface area contributed by atoms with Gasteiger partial charge in [-0.15, -0.1) is 0 Å². The molecule has 5 heteroatoms. The lowest BCUT2D eigenvalue weighted by atomic mass is 10.0. The van der Waals surface area contributed by atoms with Crippen LogP contribution in [-0.4, -0.2) is 25.4 Å². The molecule has 0 spiro atoms. The number of carbonyl (C=O) groups excluding carboxylic acids is 1. The van der Waals surface area contributed by atoms with Crippen molar-refractivity contribution in [3.8, 4) is 0 Å². The highest BCUT2D eigenvalue weighted by Crippen LogP contribution is 2.28. The number of hydrogen-bond donors (Lipinski definition) is 1. The molecule has 0 aromatic rings. The van der Waals surface area contributed by atoms with Crippen LogP contribution in [-0.2, 0) is 14.0 Å². The number of aliphatic carboxylic acids is 1. The van der Waals surface area contributed by atoms with E-state index in [0.717, 1.165) is 18.2 Å². The Kier molecular flexibility index (Phi) is 4.93. The Labute approximate surface area is 97.4 Å².